The van der Waals surface area contributed by atoms with Gasteiger partial charge in [-0.2, -0.15) is 0 Å². The second-order valence-corrected chi connectivity index (χ2v) is 6.91. The van der Waals surface area contributed by atoms with E-state index in [2.05, 4.69) is 12.2 Å². The Morgan fingerprint density at radius 2 is 1.73 bits per heavy atom. The van der Waals surface area contributed by atoms with E-state index in [1.165, 1.54) is 24.3 Å². The van der Waals surface area contributed by atoms with E-state index in [-0.39, 0.29) is 16.5 Å². The molecule has 0 unspecified atom stereocenters. The van der Waals surface area contributed by atoms with Crippen molar-refractivity contribution < 1.29 is 24.0 Å². The summed E-state index contributed by atoms with van der Waals surface area (Å²) >= 11 is 5.71. The first kappa shape index (κ1) is 23.0. The van der Waals surface area contributed by atoms with E-state index in [1.807, 2.05) is 0 Å². The Morgan fingerprint density at radius 3 is 2.37 bits per heavy atom. The van der Waals surface area contributed by atoms with Gasteiger partial charge in [-0.15, -0.1) is 0 Å². The molecule has 0 spiro atoms. The lowest BCUT2D eigenvalue weighted by Gasteiger charge is -2.07. The molecule has 0 saturated carbocycles. The first-order valence-corrected chi connectivity index (χ1v) is 9.73. The smallest absolute Gasteiger partial charge is 0.338 e. The van der Waals surface area contributed by atoms with Crippen LogP contribution < -0.4 is 5.32 Å². The molecule has 0 aliphatic carbocycles. The second kappa shape index (κ2) is 11.1. The summed E-state index contributed by atoms with van der Waals surface area (Å²) in [5, 5.41) is 13.5. The third kappa shape index (κ3) is 6.66. The van der Waals surface area contributed by atoms with Crippen LogP contribution in [-0.2, 0) is 9.53 Å². The Kier molecular flexibility index (Phi) is 8.49. The standard InChI is InChI=1S/C21H21ClN2O6/c1-2-3-4-5-20(26)23-16-9-6-14(7-10-16)19(25)13-30-21(27)15-8-11-17(22)18(12-15)24(28)29/h6-12H,2-5,13H2,1H3,(H,23,26). The van der Waals surface area contributed by atoms with Gasteiger partial charge in [-0.1, -0.05) is 31.4 Å². The molecule has 0 bridgehead atoms. The van der Waals surface area contributed by atoms with Gasteiger partial charge in [-0.05, 0) is 42.8 Å². The summed E-state index contributed by atoms with van der Waals surface area (Å²) in [5.74, 6) is -1.42. The van der Waals surface area contributed by atoms with E-state index in [1.54, 1.807) is 12.1 Å². The van der Waals surface area contributed by atoms with Gasteiger partial charge < -0.3 is 10.1 Å². The third-order valence-corrected chi connectivity index (χ3v) is 4.53. The van der Waals surface area contributed by atoms with Crippen molar-refractivity contribution in [3.8, 4) is 0 Å². The Hall–Kier alpha value is -3.26. The summed E-state index contributed by atoms with van der Waals surface area (Å²) in [6, 6.07) is 9.71. The fourth-order valence-corrected chi connectivity index (χ4v) is 2.76. The Morgan fingerprint density at radius 1 is 1.07 bits per heavy atom. The lowest BCUT2D eigenvalue weighted by molar-refractivity contribution is -0.384. The molecule has 0 saturated heterocycles. The highest BCUT2D eigenvalue weighted by molar-refractivity contribution is 6.32. The van der Waals surface area contributed by atoms with Crippen molar-refractivity contribution in [2.24, 2.45) is 0 Å². The Bertz CT molecular complexity index is 943. The molecule has 1 N–H and O–H groups in total. The van der Waals surface area contributed by atoms with Crippen LogP contribution in [0, 0.1) is 10.1 Å². The molecule has 2 aromatic carbocycles. The number of ketones is 1. The molecule has 2 rings (SSSR count). The highest BCUT2D eigenvalue weighted by atomic mass is 35.5. The van der Waals surface area contributed by atoms with Crippen LogP contribution in [0.5, 0.6) is 0 Å². The van der Waals surface area contributed by atoms with E-state index in [0.29, 0.717) is 17.7 Å². The number of nitro benzene ring substituents is 1. The minimum absolute atomic E-state index is 0.0833. The zero-order valence-electron chi connectivity index (χ0n) is 16.4. The van der Waals surface area contributed by atoms with Crippen molar-refractivity contribution >= 4 is 40.6 Å². The average molecular weight is 433 g/mol. The van der Waals surface area contributed by atoms with Crippen LogP contribution in [0.15, 0.2) is 42.5 Å². The van der Waals surface area contributed by atoms with Crippen molar-refractivity contribution in [3.63, 3.8) is 0 Å². The van der Waals surface area contributed by atoms with Crippen LogP contribution >= 0.6 is 11.6 Å². The number of hydrogen-bond acceptors (Lipinski definition) is 6. The Balaban J connectivity index is 1.90. The number of halogens is 1. The van der Waals surface area contributed by atoms with Gasteiger partial charge in [-0.3, -0.25) is 19.7 Å². The number of unbranched alkanes of at least 4 members (excludes halogenated alkanes) is 2. The average Bonchev–Trinajstić information content (AvgIpc) is 2.72. The number of nitro groups is 1. The zero-order valence-corrected chi connectivity index (χ0v) is 17.1. The van der Waals surface area contributed by atoms with Gasteiger partial charge in [0.15, 0.2) is 12.4 Å². The molecule has 0 heterocycles. The molecule has 8 nitrogen and oxygen atoms in total. The summed E-state index contributed by atoms with van der Waals surface area (Å²) in [6.45, 7) is 1.53. The zero-order chi connectivity index (χ0) is 22.1. The van der Waals surface area contributed by atoms with Gasteiger partial charge in [0.05, 0.1) is 10.5 Å². The molecular formula is C21H21ClN2O6. The fraction of sp³-hybridized carbons (Fsp3) is 0.286. The van der Waals surface area contributed by atoms with Crippen LogP contribution in [0.3, 0.4) is 0 Å². The largest absolute Gasteiger partial charge is 0.454 e. The van der Waals surface area contributed by atoms with E-state index in [9.17, 15) is 24.5 Å². The molecule has 0 aromatic heterocycles. The number of benzene rings is 2. The summed E-state index contributed by atoms with van der Waals surface area (Å²) in [5.41, 5.74) is 0.359. The number of anilines is 1. The van der Waals surface area contributed by atoms with Crippen molar-refractivity contribution in [3.05, 3.63) is 68.7 Å². The lowest BCUT2D eigenvalue weighted by Crippen LogP contribution is -2.15. The minimum Gasteiger partial charge on any atom is -0.454 e. The van der Waals surface area contributed by atoms with Gasteiger partial charge in [0.2, 0.25) is 5.91 Å². The molecule has 1 amide bonds. The highest BCUT2D eigenvalue weighted by Gasteiger charge is 2.18. The van der Waals surface area contributed by atoms with Gasteiger partial charge in [0, 0.05) is 23.7 Å². The van der Waals surface area contributed by atoms with Crippen molar-refractivity contribution in [2.75, 3.05) is 11.9 Å². The number of Topliss-reactive ketones (excluding diaryl/α,β-unsaturated/α-hetero) is 1. The maximum Gasteiger partial charge on any atom is 0.338 e. The molecule has 9 heteroatoms. The predicted molar refractivity (Wildman–Crippen MR) is 112 cm³/mol. The molecule has 0 fully saturated rings. The molecule has 30 heavy (non-hydrogen) atoms. The highest BCUT2D eigenvalue weighted by Crippen LogP contribution is 2.25. The van der Waals surface area contributed by atoms with Gasteiger partial charge in [0.1, 0.15) is 5.02 Å². The number of ether oxygens (including phenoxy) is 1. The van der Waals surface area contributed by atoms with Crippen LogP contribution in [0.1, 0.15) is 53.3 Å². The maximum absolute atomic E-state index is 12.2. The molecule has 158 valence electrons. The number of hydrogen-bond donors (Lipinski definition) is 1. The molecular weight excluding hydrogens is 412 g/mol. The Labute approximate surface area is 178 Å². The quantitative estimate of drug-likeness (QED) is 0.189. The van der Waals surface area contributed by atoms with Crippen molar-refractivity contribution in [2.45, 2.75) is 32.6 Å². The monoisotopic (exact) mass is 432 g/mol. The second-order valence-electron chi connectivity index (χ2n) is 6.51. The minimum atomic E-state index is -0.876. The number of amides is 1. The van der Waals surface area contributed by atoms with E-state index >= 15 is 0 Å². The van der Waals surface area contributed by atoms with Crippen molar-refractivity contribution in [1.29, 1.82) is 0 Å². The first-order chi connectivity index (χ1) is 14.3. The van der Waals surface area contributed by atoms with Crippen LogP contribution in [0.25, 0.3) is 0 Å². The van der Waals surface area contributed by atoms with Crippen LogP contribution in [-0.4, -0.2) is 29.2 Å². The van der Waals surface area contributed by atoms with Crippen molar-refractivity contribution in [1.82, 2.24) is 0 Å². The molecule has 0 radical (unpaired) electrons. The predicted octanol–water partition coefficient (Wildman–Crippen LogP) is 4.81. The fourth-order valence-electron chi connectivity index (χ4n) is 2.58. The maximum atomic E-state index is 12.2. The van der Waals surface area contributed by atoms with E-state index < -0.39 is 29.0 Å². The number of nitrogens with one attached hydrogen (secondary N) is 1. The summed E-state index contributed by atoms with van der Waals surface area (Å²) < 4.78 is 4.94. The van der Waals surface area contributed by atoms with E-state index in [4.69, 9.17) is 16.3 Å². The van der Waals surface area contributed by atoms with E-state index in [0.717, 1.165) is 25.3 Å². The summed E-state index contributed by atoms with van der Waals surface area (Å²) in [7, 11) is 0. The summed E-state index contributed by atoms with van der Waals surface area (Å²) in [6.07, 6.45) is 3.28. The van der Waals surface area contributed by atoms with Gasteiger partial charge in [-0.25, -0.2) is 4.79 Å². The van der Waals surface area contributed by atoms with Crippen LogP contribution in [0.4, 0.5) is 11.4 Å². The number of rotatable bonds is 10. The number of carbonyl (C=O) groups excluding carboxylic acids is 3. The van der Waals surface area contributed by atoms with Gasteiger partial charge in [0.25, 0.3) is 5.69 Å². The topological polar surface area (TPSA) is 116 Å². The number of esters is 1. The SMILES string of the molecule is CCCCCC(=O)Nc1ccc(C(=O)COC(=O)c2ccc(Cl)c([N+](=O)[O-])c2)cc1. The lowest BCUT2D eigenvalue weighted by atomic mass is 10.1. The molecule has 0 atom stereocenters. The summed E-state index contributed by atoms with van der Waals surface area (Å²) in [4.78, 5) is 46.3. The number of carbonyl (C=O) groups is 3. The first-order valence-electron chi connectivity index (χ1n) is 9.36. The number of nitrogens with zero attached hydrogens (tertiary/aromatic N) is 1. The third-order valence-electron chi connectivity index (χ3n) is 4.21. The molecule has 0 aliphatic rings. The molecule has 2 aromatic rings. The van der Waals surface area contributed by atoms with Crippen LogP contribution in [0.2, 0.25) is 5.02 Å². The molecule has 0 aliphatic heterocycles. The van der Waals surface area contributed by atoms with Gasteiger partial charge >= 0.3 is 5.97 Å². The normalized spacial score (nSPS) is 10.3.